The van der Waals surface area contributed by atoms with E-state index in [1.54, 1.807) is 0 Å². The molecule has 13 aromatic rings. The highest BCUT2D eigenvalue weighted by molar-refractivity contribution is 6.18. The largest absolute Gasteiger partial charge is 0.309 e. The van der Waals surface area contributed by atoms with Crippen LogP contribution in [0.1, 0.15) is 0 Å². The summed E-state index contributed by atoms with van der Waals surface area (Å²) in [6.07, 6.45) is 0. The number of para-hydroxylation sites is 2. The smallest absolute Gasteiger partial charge is 0.0541 e. The van der Waals surface area contributed by atoms with Crippen LogP contribution >= 0.6 is 0 Å². The third-order valence-corrected chi connectivity index (χ3v) is 12.9. The predicted molar refractivity (Wildman–Crippen MR) is 256 cm³/mol. The zero-order valence-corrected chi connectivity index (χ0v) is 32.7. The van der Waals surface area contributed by atoms with E-state index in [1.165, 1.54) is 115 Å². The fraction of sp³-hybridized carbons (Fsp3) is 0. The average Bonchev–Trinajstić information content (AvgIpc) is 3.83. The van der Waals surface area contributed by atoms with Crippen molar-refractivity contribution in [3.05, 3.63) is 218 Å². The third-order valence-electron chi connectivity index (χ3n) is 12.9. The number of hydrogen-bond acceptors (Lipinski definition) is 0. The molecule has 0 fully saturated rings. The fourth-order valence-corrected chi connectivity index (χ4v) is 10.1. The summed E-state index contributed by atoms with van der Waals surface area (Å²) in [5.74, 6) is 0. The summed E-state index contributed by atoms with van der Waals surface area (Å²) in [6.45, 7) is 0. The molecule has 0 atom stereocenters. The number of nitrogens with zero attached hydrogens (tertiary/aromatic N) is 2. The molecule has 2 heterocycles. The van der Waals surface area contributed by atoms with E-state index in [2.05, 4.69) is 228 Å². The predicted octanol–water partition coefficient (Wildman–Crippen LogP) is 15.8. The molecule has 13 rings (SSSR count). The molecule has 0 saturated heterocycles. The van der Waals surface area contributed by atoms with Crippen LogP contribution in [0.4, 0.5) is 0 Å². The lowest BCUT2D eigenvalue weighted by Crippen LogP contribution is -1.95. The molecule has 2 heteroatoms. The molecule has 2 nitrogen and oxygen atoms in total. The molecule has 0 bridgehead atoms. The van der Waals surface area contributed by atoms with Crippen LogP contribution in [0.3, 0.4) is 0 Å². The van der Waals surface area contributed by atoms with Crippen LogP contribution in [-0.4, -0.2) is 9.13 Å². The molecule has 0 unspecified atom stereocenters. The molecule has 278 valence electrons. The van der Waals surface area contributed by atoms with Gasteiger partial charge in [0.25, 0.3) is 0 Å². The first-order chi connectivity index (χ1) is 29.7. The lowest BCUT2D eigenvalue weighted by molar-refractivity contribution is 1.18. The van der Waals surface area contributed by atoms with Crippen molar-refractivity contribution in [3.63, 3.8) is 0 Å². The van der Waals surface area contributed by atoms with Gasteiger partial charge >= 0.3 is 0 Å². The lowest BCUT2D eigenvalue weighted by Gasteiger charge is -2.12. The molecular formula is C58H36N2. The standard InChI is InChI=1S/C58H36N2/c1-3-16-45-38(12-1)23-29-49-46-28-24-40(33-43(46)25-30-48(45)49)39-14-9-15-44(34-39)59-55-20-7-5-18-50(55)52-35-41(26-31-57(52)59)42-27-32-58-53(36-42)51-19-6-8-21-56(51)60(58)54-22-10-13-37-11-2-4-17-47(37)54/h1-36H. The number of rotatable bonds is 4. The quantitative estimate of drug-likeness (QED) is 0.158. The van der Waals surface area contributed by atoms with Crippen LogP contribution in [0.5, 0.6) is 0 Å². The van der Waals surface area contributed by atoms with Gasteiger partial charge in [-0.05, 0) is 121 Å². The number of aromatic nitrogens is 2. The maximum Gasteiger partial charge on any atom is 0.0541 e. The summed E-state index contributed by atoms with van der Waals surface area (Å²) in [5.41, 5.74) is 12.0. The molecule has 60 heavy (non-hydrogen) atoms. The summed E-state index contributed by atoms with van der Waals surface area (Å²) in [4.78, 5) is 0. The highest BCUT2D eigenvalue weighted by Crippen LogP contribution is 2.40. The molecule has 0 amide bonds. The fourth-order valence-electron chi connectivity index (χ4n) is 10.1. The first-order valence-electron chi connectivity index (χ1n) is 20.8. The second-order valence-corrected chi connectivity index (χ2v) is 16.1. The molecule has 0 spiro atoms. The van der Waals surface area contributed by atoms with Crippen molar-refractivity contribution in [1.29, 1.82) is 0 Å². The third kappa shape index (κ3) is 4.88. The van der Waals surface area contributed by atoms with Crippen molar-refractivity contribution in [1.82, 2.24) is 9.13 Å². The van der Waals surface area contributed by atoms with Gasteiger partial charge in [-0.2, -0.15) is 0 Å². The Kier molecular flexibility index (Phi) is 7.05. The van der Waals surface area contributed by atoms with E-state index >= 15 is 0 Å². The Balaban J connectivity index is 0.925. The van der Waals surface area contributed by atoms with Crippen LogP contribution in [-0.2, 0) is 0 Å². The second-order valence-electron chi connectivity index (χ2n) is 16.1. The summed E-state index contributed by atoms with van der Waals surface area (Å²) >= 11 is 0. The molecule has 0 saturated carbocycles. The van der Waals surface area contributed by atoms with Crippen LogP contribution in [0.2, 0.25) is 0 Å². The Hall–Kier alpha value is -7.94. The molecule has 0 N–H and O–H groups in total. The molecule has 11 aromatic carbocycles. The average molecular weight is 761 g/mol. The van der Waals surface area contributed by atoms with E-state index in [1.807, 2.05) is 0 Å². The maximum absolute atomic E-state index is 2.43. The minimum atomic E-state index is 1.15. The molecular weight excluding hydrogens is 725 g/mol. The first-order valence-corrected chi connectivity index (χ1v) is 20.8. The van der Waals surface area contributed by atoms with Gasteiger partial charge in [0.05, 0.1) is 27.8 Å². The zero-order chi connectivity index (χ0) is 39.3. The van der Waals surface area contributed by atoms with Gasteiger partial charge in [-0.3, -0.25) is 0 Å². The lowest BCUT2D eigenvalue weighted by atomic mass is 9.95. The van der Waals surface area contributed by atoms with Crippen molar-refractivity contribution in [3.8, 4) is 33.6 Å². The molecule has 2 aromatic heterocycles. The van der Waals surface area contributed by atoms with Gasteiger partial charge in [-0.1, -0.05) is 158 Å². The summed E-state index contributed by atoms with van der Waals surface area (Å²) in [7, 11) is 0. The normalized spacial score (nSPS) is 12.0. The van der Waals surface area contributed by atoms with Gasteiger partial charge in [-0.25, -0.2) is 0 Å². The Labute approximate surface area is 346 Å². The molecule has 0 aliphatic carbocycles. The van der Waals surface area contributed by atoms with Gasteiger partial charge in [-0.15, -0.1) is 0 Å². The Morgan fingerprint density at radius 3 is 1.42 bits per heavy atom. The van der Waals surface area contributed by atoms with Gasteiger partial charge in [0.2, 0.25) is 0 Å². The van der Waals surface area contributed by atoms with E-state index in [0.717, 1.165) is 5.69 Å². The van der Waals surface area contributed by atoms with Gasteiger partial charge in [0, 0.05) is 32.6 Å². The van der Waals surface area contributed by atoms with Gasteiger partial charge < -0.3 is 9.13 Å². The number of hydrogen-bond donors (Lipinski definition) is 0. The van der Waals surface area contributed by atoms with E-state index in [0.29, 0.717) is 0 Å². The van der Waals surface area contributed by atoms with Crippen molar-refractivity contribution in [2.45, 2.75) is 0 Å². The SMILES string of the molecule is c1cc(-c2ccc3c(ccc4c5ccccc5ccc34)c2)cc(-n2c3ccccc3c3cc(-c4ccc5c(c4)c4ccccc4n5-c4cccc5ccccc45)ccc32)c1. The minimum absolute atomic E-state index is 1.15. The Morgan fingerprint density at radius 2 is 0.683 bits per heavy atom. The topological polar surface area (TPSA) is 9.86 Å². The molecule has 0 radical (unpaired) electrons. The van der Waals surface area contributed by atoms with Crippen LogP contribution in [0, 0.1) is 0 Å². The van der Waals surface area contributed by atoms with E-state index < -0.39 is 0 Å². The van der Waals surface area contributed by atoms with Crippen LogP contribution in [0.25, 0.3) is 120 Å². The summed E-state index contributed by atoms with van der Waals surface area (Å²) in [6, 6.07) is 80.6. The van der Waals surface area contributed by atoms with Crippen LogP contribution < -0.4 is 0 Å². The van der Waals surface area contributed by atoms with Crippen molar-refractivity contribution in [2.24, 2.45) is 0 Å². The van der Waals surface area contributed by atoms with E-state index in [4.69, 9.17) is 0 Å². The molecule has 0 aliphatic heterocycles. The number of benzene rings is 11. The van der Waals surface area contributed by atoms with Crippen molar-refractivity contribution in [2.75, 3.05) is 0 Å². The van der Waals surface area contributed by atoms with E-state index in [-0.39, 0.29) is 0 Å². The summed E-state index contributed by atoms with van der Waals surface area (Å²) in [5, 5.41) is 15.2. The summed E-state index contributed by atoms with van der Waals surface area (Å²) < 4.78 is 4.86. The van der Waals surface area contributed by atoms with Gasteiger partial charge in [0.1, 0.15) is 0 Å². The second kappa shape index (κ2) is 12.8. The maximum atomic E-state index is 2.43. The number of fused-ring (bicyclic) bond motifs is 12. The minimum Gasteiger partial charge on any atom is -0.309 e. The van der Waals surface area contributed by atoms with Crippen LogP contribution in [0.15, 0.2) is 218 Å². The van der Waals surface area contributed by atoms with E-state index in [9.17, 15) is 0 Å². The highest BCUT2D eigenvalue weighted by Gasteiger charge is 2.17. The highest BCUT2D eigenvalue weighted by atomic mass is 15.0. The van der Waals surface area contributed by atoms with Gasteiger partial charge in [0.15, 0.2) is 0 Å². The Morgan fingerprint density at radius 1 is 0.217 bits per heavy atom. The molecule has 0 aliphatic rings. The zero-order valence-electron chi connectivity index (χ0n) is 32.7. The van der Waals surface area contributed by atoms with Crippen molar-refractivity contribution >= 4 is 86.7 Å². The monoisotopic (exact) mass is 760 g/mol. The van der Waals surface area contributed by atoms with Crippen molar-refractivity contribution < 1.29 is 0 Å². The Bertz CT molecular complexity index is 3890. The first kappa shape index (κ1) is 33.1.